The number of rotatable bonds is 6. The second-order valence-corrected chi connectivity index (χ2v) is 7.06. The Labute approximate surface area is 134 Å². The van der Waals surface area contributed by atoms with E-state index >= 15 is 0 Å². The molecule has 3 rings (SSSR count). The molecule has 0 aromatic carbocycles. The minimum Gasteiger partial charge on any atom is -0.375 e. The summed E-state index contributed by atoms with van der Waals surface area (Å²) in [4.78, 5) is 24.2. The summed E-state index contributed by atoms with van der Waals surface area (Å²) in [5.74, 6) is -0.141. The van der Waals surface area contributed by atoms with Gasteiger partial charge in [0.1, 0.15) is 5.00 Å². The van der Waals surface area contributed by atoms with E-state index in [1.54, 1.807) is 6.07 Å². The Bertz CT molecular complexity index is 553. The maximum absolute atomic E-state index is 12.1. The molecular formula is C16H22N2O3S. The molecule has 0 radical (unpaired) electrons. The van der Waals surface area contributed by atoms with Crippen molar-refractivity contribution in [2.24, 2.45) is 0 Å². The van der Waals surface area contributed by atoms with Crippen molar-refractivity contribution in [2.75, 3.05) is 5.32 Å². The largest absolute Gasteiger partial charge is 0.375 e. The molecule has 2 aliphatic rings. The summed E-state index contributed by atoms with van der Waals surface area (Å²) in [6, 6.07) is 2.08. The summed E-state index contributed by atoms with van der Waals surface area (Å²) in [6.45, 7) is 2.07. The van der Waals surface area contributed by atoms with Crippen LogP contribution in [0.3, 0.4) is 0 Å². The predicted octanol–water partition coefficient (Wildman–Crippen LogP) is 2.93. The molecule has 2 amide bonds. The number of hydrogen-bond acceptors (Lipinski definition) is 4. The Morgan fingerprint density at radius 2 is 2.14 bits per heavy atom. The zero-order chi connectivity index (χ0) is 15.5. The van der Waals surface area contributed by atoms with Gasteiger partial charge in [-0.1, -0.05) is 0 Å². The average molecular weight is 322 g/mol. The SMILES string of the molecule is C[C@H]1CC[C@@H](CCC(=O)Nc2sccc2C(=O)NC2CC2)O1. The van der Waals surface area contributed by atoms with Crippen LogP contribution in [-0.2, 0) is 9.53 Å². The van der Waals surface area contributed by atoms with Crippen LogP contribution in [0.5, 0.6) is 0 Å². The zero-order valence-electron chi connectivity index (χ0n) is 12.8. The normalized spacial score (nSPS) is 24.2. The number of anilines is 1. The van der Waals surface area contributed by atoms with Crippen LogP contribution in [0.15, 0.2) is 11.4 Å². The lowest BCUT2D eigenvalue weighted by Crippen LogP contribution is -2.26. The summed E-state index contributed by atoms with van der Waals surface area (Å²) in [6.07, 6.45) is 5.88. The van der Waals surface area contributed by atoms with Crippen molar-refractivity contribution in [3.63, 3.8) is 0 Å². The molecule has 22 heavy (non-hydrogen) atoms. The van der Waals surface area contributed by atoms with E-state index in [-0.39, 0.29) is 17.9 Å². The predicted molar refractivity (Wildman–Crippen MR) is 86.2 cm³/mol. The van der Waals surface area contributed by atoms with Crippen LogP contribution in [0.25, 0.3) is 0 Å². The first-order chi connectivity index (χ1) is 10.6. The summed E-state index contributed by atoms with van der Waals surface area (Å²) in [5, 5.41) is 8.29. The fourth-order valence-electron chi connectivity index (χ4n) is 2.65. The van der Waals surface area contributed by atoms with Crippen LogP contribution >= 0.6 is 11.3 Å². The second-order valence-electron chi connectivity index (χ2n) is 6.14. The van der Waals surface area contributed by atoms with Crippen LogP contribution in [0.2, 0.25) is 0 Å². The number of hydrogen-bond donors (Lipinski definition) is 2. The molecule has 2 heterocycles. The summed E-state index contributed by atoms with van der Waals surface area (Å²) < 4.78 is 5.72. The first kappa shape index (κ1) is 15.5. The lowest BCUT2D eigenvalue weighted by atomic mass is 10.1. The topological polar surface area (TPSA) is 67.4 Å². The van der Waals surface area contributed by atoms with E-state index in [2.05, 4.69) is 17.6 Å². The van der Waals surface area contributed by atoms with E-state index in [0.717, 1.165) is 32.1 Å². The Morgan fingerprint density at radius 1 is 1.32 bits per heavy atom. The summed E-state index contributed by atoms with van der Waals surface area (Å²) in [7, 11) is 0. The maximum atomic E-state index is 12.1. The van der Waals surface area contributed by atoms with Crippen LogP contribution < -0.4 is 10.6 Å². The molecule has 0 bridgehead atoms. The van der Waals surface area contributed by atoms with Crippen molar-refractivity contribution in [1.29, 1.82) is 0 Å². The Balaban J connectivity index is 1.48. The molecule has 0 spiro atoms. The fourth-order valence-corrected chi connectivity index (χ4v) is 3.46. The van der Waals surface area contributed by atoms with Crippen molar-refractivity contribution >= 4 is 28.2 Å². The van der Waals surface area contributed by atoms with Gasteiger partial charge in [-0.05, 0) is 50.5 Å². The van der Waals surface area contributed by atoms with Crippen LogP contribution in [0.4, 0.5) is 5.00 Å². The summed E-state index contributed by atoms with van der Waals surface area (Å²) in [5.41, 5.74) is 0.566. The van der Waals surface area contributed by atoms with Crippen molar-refractivity contribution < 1.29 is 14.3 Å². The first-order valence-corrected chi connectivity index (χ1v) is 8.83. The highest BCUT2D eigenvalue weighted by atomic mass is 32.1. The third kappa shape index (κ3) is 4.08. The molecule has 2 fully saturated rings. The second kappa shape index (κ2) is 6.79. The maximum Gasteiger partial charge on any atom is 0.254 e. The van der Waals surface area contributed by atoms with E-state index in [1.165, 1.54) is 11.3 Å². The monoisotopic (exact) mass is 322 g/mol. The molecular weight excluding hydrogens is 300 g/mol. The lowest BCUT2D eigenvalue weighted by Gasteiger charge is -2.11. The quantitative estimate of drug-likeness (QED) is 0.846. The molecule has 1 aromatic rings. The zero-order valence-corrected chi connectivity index (χ0v) is 13.6. The minimum absolute atomic E-state index is 0.0499. The number of carbonyl (C=O) groups is 2. The highest BCUT2D eigenvalue weighted by molar-refractivity contribution is 7.14. The van der Waals surface area contributed by atoms with Gasteiger partial charge < -0.3 is 15.4 Å². The van der Waals surface area contributed by atoms with Gasteiger partial charge in [0.05, 0.1) is 17.8 Å². The van der Waals surface area contributed by atoms with Gasteiger partial charge in [-0.2, -0.15) is 0 Å². The average Bonchev–Trinajstić information content (AvgIpc) is 3.00. The third-order valence-corrected chi connectivity index (χ3v) is 4.92. The lowest BCUT2D eigenvalue weighted by molar-refractivity contribution is -0.116. The smallest absolute Gasteiger partial charge is 0.254 e. The van der Waals surface area contributed by atoms with E-state index in [9.17, 15) is 9.59 Å². The Morgan fingerprint density at radius 3 is 2.82 bits per heavy atom. The fraction of sp³-hybridized carbons (Fsp3) is 0.625. The van der Waals surface area contributed by atoms with Crippen molar-refractivity contribution in [2.45, 2.75) is 63.7 Å². The van der Waals surface area contributed by atoms with Crippen LogP contribution in [-0.4, -0.2) is 30.1 Å². The molecule has 1 saturated heterocycles. The molecule has 6 heteroatoms. The number of thiophene rings is 1. The van der Waals surface area contributed by atoms with Gasteiger partial charge in [-0.25, -0.2) is 0 Å². The molecule has 1 aliphatic heterocycles. The van der Waals surface area contributed by atoms with Crippen LogP contribution in [0.1, 0.15) is 55.8 Å². The van der Waals surface area contributed by atoms with Gasteiger partial charge in [0.25, 0.3) is 5.91 Å². The molecule has 2 N–H and O–H groups in total. The number of ether oxygens (including phenoxy) is 1. The summed E-state index contributed by atoms with van der Waals surface area (Å²) >= 11 is 1.39. The van der Waals surface area contributed by atoms with Gasteiger partial charge in [-0.3, -0.25) is 9.59 Å². The molecule has 5 nitrogen and oxygen atoms in total. The Hall–Kier alpha value is -1.40. The molecule has 1 saturated carbocycles. The highest BCUT2D eigenvalue weighted by Crippen LogP contribution is 2.27. The minimum atomic E-state index is -0.0907. The van der Waals surface area contributed by atoms with Crippen LogP contribution in [0, 0.1) is 0 Å². The molecule has 1 aliphatic carbocycles. The molecule has 1 aromatic heterocycles. The van der Waals surface area contributed by atoms with Crippen molar-refractivity contribution in [1.82, 2.24) is 5.32 Å². The molecule has 120 valence electrons. The van der Waals surface area contributed by atoms with Gasteiger partial charge in [0, 0.05) is 12.5 Å². The number of nitrogens with one attached hydrogen (secondary N) is 2. The van der Waals surface area contributed by atoms with Gasteiger partial charge in [-0.15, -0.1) is 11.3 Å². The van der Waals surface area contributed by atoms with E-state index in [1.807, 2.05) is 5.38 Å². The number of carbonyl (C=O) groups excluding carboxylic acids is 2. The van der Waals surface area contributed by atoms with Gasteiger partial charge >= 0.3 is 0 Å². The molecule has 0 unspecified atom stereocenters. The molecule has 2 atom stereocenters. The first-order valence-electron chi connectivity index (χ1n) is 7.95. The van der Waals surface area contributed by atoms with Crippen molar-refractivity contribution in [3.8, 4) is 0 Å². The van der Waals surface area contributed by atoms with E-state index in [0.29, 0.717) is 29.1 Å². The van der Waals surface area contributed by atoms with Gasteiger partial charge in [0.15, 0.2) is 0 Å². The van der Waals surface area contributed by atoms with Crippen molar-refractivity contribution in [3.05, 3.63) is 17.0 Å². The third-order valence-electron chi connectivity index (χ3n) is 4.09. The Kier molecular flexibility index (Phi) is 4.78. The van der Waals surface area contributed by atoms with E-state index < -0.39 is 0 Å². The highest BCUT2D eigenvalue weighted by Gasteiger charge is 2.26. The van der Waals surface area contributed by atoms with E-state index in [4.69, 9.17) is 4.74 Å². The standard InChI is InChI=1S/C16H22N2O3S/c1-10-2-5-12(21-10)6-7-14(19)18-16-13(8-9-22-16)15(20)17-11-3-4-11/h8-12H,2-7H2,1H3,(H,17,20)(H,18,19)/t10-,12-/m0/s1. The van der Waals surface area contributed by atoms with Gasteiger partial charge in [0.2, 0.25) is 5.91 Å². The number of amides is 2.